The van der Waals surface area contributed by atoms with E-state index in [1.54, 1.807) is 0 Å². The number of benzene rings is 6. The van der Waals surface area contributed by atoms with Gasteiger partial charge in [0.1, 0.15) is 11.6 Å². The summed E-state index contributed by atoms with van der Waals surface area (Å²) < 4.78 is 5.11. The number of para-hydroxylation sites is 2. The number of thiophene rings is 2. The molecule has 0 aliphatic carbocycles. The minimum Gasteiger partial charge on any atom is -0.295 e. The lowest BCUT2D eigenvalue weighted by Gasteiger charge is -2.24. The van der Waals surface area contributed by atoms with Gasteiger partial charge in [-0.25, -0.2) is 9.97 Å². The minimum absolute atomic E-state index is 0.895. The maximum atomic E-state index is 4.71. The summed E-state index contributed by atoms with van der Waals surface area (Å²) in [4.78, 5) is 13.9. The molecular formula is C44H28N4S2. The zero-order chi connectivity index (χ0) is 33.0. The molecule has 0 radical (unpaired) electrons. The quantitative estimate of drug-likeness (QED) is 0.175. The zero-order valence-electron chi connectivity index (χ0n) is 26.8. The van der Waals surface area contributed by atoms with Gasteiger partial charge in [-0.2, -0.15) is 0 Å². The molecule has 4 heterocycles. The average Bonchev–Trinajstić information content (AvgIpc) is 3.75. The van der Waals surface area contributed by atoms with Crippen molar-refractivity contribution in [2.75, 3.05) is 9.80 Å². The van der Waals surface area contributed by atoms with Gasteiger partial charge in [0.05, 0.1) is 0 Å². The normalized spacial score (nSPS) is 11.6. The second kappa shape index (κ2) is 11.8. The second-order valence-electron chi connectivity index (χ2n) is 12.3. The average molecular weight is 677 g/mol. The van der Waals surface area contributed by atoms with Crippen LogP contribution < -0.4 is 9.80 Å². The summed E-state index contributed by atoms with van der Waals surface area (Å²) >= 11 is 3.71. The molecule has 6 aromatic carbocycles. The summed E-state index contributed by atoms with van der Waals surface area (Å²) in [7, 11) is 0. The van der Waals surface area contributed by atoms with Crippen LogP contribution in [0.4, 0.5) is 34.4 Å². The third-order valence-corrected chi connectivity index (χ3v) is 11.6. The smallest absolute Gasteiger partial charge is 0.137 e. The number of hydrogen-bond donors (Lipinski definition) is 0. The van der Waals surface area contributed by atoms with E-state index in [9.17, 15) is 0 Å². The molecule has 0 unspecified atom stereocenters. The fraction of sp³-hybridized carbons (Fsp3) is 0. The van der Waals surface area contributed by atoms with Crippen molar-refractivity contribution in [3.8, 4) is 0 Å². The molecule has 4 nitrogen and oxygen atoms in total. The van der Waals surface area contributed by atoms with Crippen LogP contribution in [0.2, 0.25) is 0 Å². The number of hydrogen-bond acceptors (Lipinski definition) is 6. The third-order valence-electron chi connectivity index (χ3n) is 9.34. The number of rotatable bonds is 6. The lowest BCUT2D eigenvalue weighted by atomic mass is 9.99. The van der Waals surface area contributed by atoms with Gasteiger partial charge in [0, 0.05) is 75.5 Å². The van der Waals surface area contributed by atoms with Gasteiger partial charge in [0.15, 0.2) is 0 Å². The number of nitrogens with zero attached hydrogens (tertiary/aromatic N) is 4. The molecule has 0 fully saturated rings. The van der Waals surface area contributed by atoms with Crippen molar-refractivity contribution < 1.29 is 0 Å². The highest BCUT2D eigenvalue weighted by Gasteiger charge is 2.19. The fourth-order valence-electron chi connectivity index (χ4n) is 7.16. The van der Waals surface area contributed by atoms with E-state index in [0.717, 1.165) is 34.4 Å². The van der Waals surface area contributed by atoms with Crippen molar-refractivity contribution in [3.63, 3.8) is 0 Å². The lowest BCUT2D eigenvalue weighted by Crippen LogP contribution is -2.10. The Morgan fingerprint density at radius 2 is 0.760 bits per heavy atom. The maximum Gasteiger partial charge on any atom is 0.137 e. The van der Waals surface area contributed by atoms with Crippen LogP contribution in [0.5, 0.6) is 0 Å². The van der Waals surface area contributed by atoms with E-state index >= 15 is 0 Å². The van der Waals surface area contributed by atoms with Gasteiger partial charge >= 0.3 is 0 Å². The highest BCUT2D eigenvalue weighted by molar-refractivity contribution is 7.26. The summed E-state index contributed by atoms with van der Waals surface area (Å²) in [5.41, 5.74) is 4.35. The first kappa shape index (κ1) is 28.9. The molecule has 236 valence electrons. The summed E-state index contributed by atoms with van der Waals surface area (Å²) in [6.07, 6.45) is 3.70. The third kappa shape index (κ3) is 4.72. The van der Waals surface area contributed by atoms with Gasteiger partial charge in [-0.05, 0) is 95.7 Å². The van der Waals surface area contributed by atoms with E-state index in [1.165, 1.54) is 51.1 Å². The van der Waals surface area contributed by atoms with Crippen molar-refractivity contribution in [1.29, 1.82) is 0 Å². The zero-order valence-corrected chi connectivity index (χ0v) is 28.4. The molecule has 0 saturated carbocycles. The standard InChI is InChI=1S/C44H28N4S2/c1-3-11-29(12-4-1)47(41-15-7-9-25-45-41)31-17-19-35-39(27-31)49-37-23-21-34-33(43(35)37)22-24-38-44(34)36-20-18-32(28-40(36)50-38)48(30-13-5-2-6-14-30)42-16-8-10-26-46-42/h1-28H. The Labute approximate surface area is 296 Å². The predicted octanol–water partition coefficient (Wildman–Crippen LogP) is 13.3. The van der Waals surface area contributed by atoms with Gasteiger partial charge in [-0.1, -0.05) is 72.8 Å². The van der Waals surface area contributed by atoms with Gasteiger partial charge in [0.25, 0.3) is 0 Å². The van der Waals surface area contributed by atoms with E-state index in [1.807, 2.05) is 59.3 Å². The topological polar surface area (TPSA) is 32.3 Å². The molecule has 0 saturated heterocycles. The fourth-order valence-corrected chi connectivity index (χ4v) is 9.47. The molecule has 0 bridgehead atoms. The number of anilines is 6. The first-order valence-corrected chi connectivity index (χ1v) is 18.2. The number of aromatic nitrogens is 2. The molecular weight excluding hydrogens is 649 g/mol. The number of fused-ring (bicyclic) bond motifs is 9. The molecule has 0 spiro atoms. The van der Waals surface area contributed by atoms with E-state index < -0.39 is 0 Å². The van der Waals surface area contributed by atoms with Crippen molar-refractivity contribution in [3.05, 3.63) is 170 Å². The summed E-state index contributed by atoms with van der Waals surface area (Å²) in [5, 5.41) is 7.79. The molecule has 0 atom stereocenters. The van der Waals surface area contributed by atoms with Gasteiger partial charge < -0.3 is 0 Å². The summed E-state index contributed by atoms with van der Waals surface area (Å²) in [5.74, 6) is 1.79. The van der Waals surface area contributed by atoms with Crippen LogP contribution in [0.1, 0.15) is 0 Å². The van der Waals surface area contributed by atoms with Crippen LogP contribution in [0.15, 0.2) is 170 Å². The molecule has 0 aliphatic rings. The lowest BCUT2D eigenvalue weighted by molar-refractivity contribution is 1.18. The van der Waals surface area contributed by atoms with Gasteiger partial charge in [-0.15, -0.1) is 22.7 Å². The van der Waals surface area contributed by atoms with E-state index in [-0.39, 0.29) is 0 Å². The molecule has 6 heteroatoms. The first-order valence-electron chi connectivity index (χ1n) is 16.6. The SMILES string of the molecule is c1ccc(N(c2ccc3c(c2)sc2ccc4c(ccc5sc6cc(N(c7ccccc7)c7ccccn7)ccc6c54)c23)c2ccccn2)cc1. The van der Waals surface area contributed by atoms with Crippen molar-refractivity contribution in [2.24, 2.45) is 0 Å². The monoisotopic (exact) mass is 676 g/mol. The first-order chi connectivity index (χ1) is 24.8. The Morgan fingerprint density at radius 1 is 0.340 bits per heavy atom. The molecule has 0 N–H and O–H groups in total. The molecule has 10 rings (SSSR count). The van der Waals surface area contributed by atoms with E-state index in [0.29, 0.717) is 0 Å². The highest BCUT2D eigenvalue weighted by atomic mass is 32.1. The largest absolute Gasteiger partial charge is 0.295 e. The van der Waals surface area contributed by atoms with Crippen LogP contribution in [0.25, 0.3) is 51.1 Å². The molecule has 4 aromatic heterocycles. The Balaban J connectivity index is 1.12. The van der Waals surface area contributed by atoms with E-state index in [2.05, 4.69) is 143 Å². The van der Waals surface area contributed by atoms with Crippen molar-refractivity contribution in [1.82, 2.24) is 9.97 Å². The van der Waals surface area contributed by atoms with Crippen molar-refractivity contribution >= 4 is 108 Å². The predicted molar refractivity (Wildman–Crippen MR) is 215 cm³/mol. The summed E-state index contributed by atoms with van der Waals surface area (Å²) in [6.45, 7) is 0. The molecule has 0 amide bonds. The molecule has 50 heavy (non-hydrogen) atoms. The number of pyridine rings is 2. The minimum atomic E-state index is 0.895. The second-order valence-corrected chi connectivity index (χ2v) is 14.4. The molecule has 0 aliphatic heterocycles. The Hall–Kier alpha value is -6.08. The highest BCUT2D eigenvalue weighted by Crippen LogP contribution is 2.47. The van der Waals surface area contributed by atoms with Crippen LogP contribution in [-0.2, 0) is 0 Å². The van der Waals surface area contributed by atoms with Crippen LogP contribution >= 0.6 is 22.7 Å². The summed E-state index contributed by atoms with van der Waals surface area (Å²) in [6, 6.07) is 56.0. The van der Waals surface area contributed by atoms with Crippen LogP contribution in [-0.4, -0.2) is 9.97 Å². The Bertz CT molecular complexity index is 2540. The van der Waals surface area contributed by atoms with Crippen LogP contribution in [0, 0.1) is 0 Å². The van der Waals surface area contributed by atoms with Gasteiger partial charge in [0.2, 0.25) is 0 Å². The molecule has 10 aromatic rings. The van der Waals surface area contributed by atoms with Crippen molar-refractivity contribution in [2.45, 2.75) is 0 Å². The van der Waals surface area contributed by atoms with Gasteiger partial charge in [-0.3, -0.25) is 9.80 Å². The van der Waals surface area contributed by atoms with E-state index in [4.69, 9.17) is 9.97 Å². The Morgan fingerprint density at radius 3 is 1.18 bits per heavy atom. The van der Waals surface area contributed by atoms with Crippen LogP contribution in [0.3, 0.4) is 0 Å². The Kier molecular flexibility index (Phi) is 6.82. The maximum absolute atomic E-state index is 4.71.